The van der Waals surface area contributed by atoms with E-state index in [1.807, 2.05) is 34.3 Å². The van der Waals surface area contributed by atoms with Crippen molar-refractivity contribution in [2.75, 3.05) is 5.75 Å². The van der Waals surface area contributed by atoms with E-state index in [1.165, 1.54) is 23.1 Å². The van der Waals surface area contributed by atoms with E-state index in [9.17, 15) is 9.59 Å². The third kappa shape index (κ3) is 2.34. The van der Waals surface area contributed by atoms with Crippen molar-refractivity contribution >= 4 is 35.0 Å². The van der Waals surface area contributed by atoms with Crippen LogP contribution in [0, 0.1) is 0 Å². The molecule has 0 radical (unpaired) electrons. The van der Waals surface area contributed by atoms with Crippen molar-refractivity contribution in [1.82, 2.24) is 9.88 Å². The average molecular weight is 308 g/mol. The van der Waals surface area contributed by atoms with Crippen LogP contribution in [0.1, 0.15) is 27.2 Å². The van der Waals surface area contributed by atoms with Crippen molar-refractivity contribution < 1.29 is 14.7 Å². The quantitative estimate of drug-likeness (QED) is 0.910. The van der Waals surface area contributed by atoms with Crippen molar-refractivity contribution in [3.8, 4) is 5.69 Å². The van der Waals surface area contributed by atoms with E-state index in [4.69, 9.17) is 5.11 Å². The molecule has 0 fully saturated rings. The zero-order valence-corrected chi connectivity index (χ0v) is 12.0. The molecule has 7 heteroatoms. The highest BCUT2D eigenvalue weighted by atomic mass is 32.2. The molecule has 1 unspecified atom stereocenters. The summed E-state index contributed by atoms with van der Waals surface area (Å²) in [6.45, 7) is 0. The summed E-state index contributed by atoms with van der Waals surface area (Å²) in [6.07, 6.45) is 2.01. The molecule has 2 N–H and O–H groups in total. The Morgan fingerprint density at radius 1 is 1.50 bits per heavy atom. The Morgan fingerprint density at radius 3 is 3.15 bits per heavy atom. The number of carbonyl (C=O) groups excluding carboxylic acids is 1. The minimum atomic E-state index is -0.827. The van der Waals surface area contributed by atoms with Crippen molar-refractivity contribution in [1.29, 1.82) is 0 Å². The number of hydrogen-bond acceptors (Lipinski definition) is 4. The van der Waals surface area contributed by atoms with Crippen LogP contribution in [-0.4, -0.2) is 27.3 Å². The number of amides is 1. The molecular weight excluding hydrogens is 296 g/mol. The normalized spacial score (nSPS) is 17.0. The number of carboxylic acid groups (broad SMARTS) is 1. The van der Waals surface area contributed by atoms with Gasteiger partial charge in [0, 0.05) is 11.9 Å². The molecule has 0 bridgehead atoms. The van der Waals surface area contributed by atoms with Gasteiger partial charge in [-0.1, -0.05) is 0 Å². The van der Waals surface area contributed by atoms with Gasteiger partial charge in [0.1, 0.15) is 10.3 Å². The topological polar surface area (TPSA) is 71.3 Å². The van der Waals surface area contributed by atoms with Gasteiger partial charge >= 0.3 is 5.97 Å². The smallest absolute Gasteiger partial charge is 0.304 e. The number of hydrogen-bond donors (Lipinski definition) is 2. The van der Waals surface area contributed by atoms with Gasteiger partial charge in [0.25, 0.3) is 5.91 Å². The lowest BCUT2D eigenvalue weighted by molar-refractivity contribution is -0.136. The molecule has 1 atom stereocenters. The second kappa shape index (κ2) is 5.34. The number of thiophene rings is 1. The molecule has 2 aromatic rings. The van der Waals surface area contributed by atoms with E-state index < -0.39 is 5.97 Å². The fraction of sp³-hybridized carbons (Fsp3) is 0.231. The first-order valence-corrected chi connectivity index (χ1v) is 7.99. The molecule has 1 aliphatic heterocycles. The van der Waals surface area contributed by atoms with Gasteiger partial charge in [-0.15, -0.1) is 23.1 Å². The minimum absolute atomic E-state index is 0.0829. The van der Waals surface area contributed by atoms with Crippen LogP contribution in [0.4, 0.5) is 0 Å². The van der Waals surface area contributed by atoms with Gasteiger partial charge in [0.2, 0.25) is 0 Å². The number of rotatable bonds is 4. The molecule has 20 heavy (non-hydrogen) atoms. The average Bonchev–Trinajstić information content (AvgIpc) is 3.03. The van der Waals surface area contributed by atoms with E-state index in [-0.39, 0.29) is 17.7 Å². The highest BCUT2D eigenvalue weighted by molar-refractivity contribution is 7.99. The van der Waals surface area contributed by atoms with Crippen LogP contribution < -0.4 is 5.32 Å². The monoisotopic (exact) mass is 308 g/mol. The van der Waals surface area contributed by atoms with Gasteiger partial charge in [0.15, 0.2) is 0 Å². The number of nitrogens with zero attached hydrogens (tertiary/aromatic N) is 1. The molecule has 0 saturated heterocycles. The van der Waals surface area contributed by atoms with Gasteiger partial charge in [-0.25, -0.2) is 0 Å². The minimum Gasteiger partial charge on any atom is -0.481 e. The number of thioether (sulfide) groups is 1. The standard InChI is InChI=1S/C13H12N2O3S2/c16-10(17)4-7-20-13-9-2-1-5-15(9)8-3-6-19-11(8)12(18)14-13/h1-3,5-6,13H,4,7H2,(H,14,18)(H,16,17). The van der Waals surface area contributed by atoms with Gasteiger partial charge < -0.3 is 15.0 Å². The van der Waals surface area contributed by atoms with Gasteiger partial charge in [0.05, 0.1) is 17.8 Å². The van der Waals surface area contributed by atoms with Crippen LogP contribution in [0.3, 0.4) is 0 Å². The number of nitrogens with one attached hydrogen (secondary N) is 1. The summed E-state index contributed by atoms with van der Waals surface area (Å²) < 4.78 is 1.99. The summed E-state index contributed by atoms with van der Waals surface area (Å²) in [5, 5.41) is 13.3. The van der Waals surface area contributed by atoms with Crippen molar-refractivity contribution in [2.24, 2.45) is 0 Å². The Kier molecular flexibility index (Phi) is 3.54. The summed E-state index contributed by atoms with van der Waals surface area (Å²) in [7, 11) is 0. The molecule has 0 aliphatic carbocycles. The van der Waals surface area contributed by atoms with Crippen molar-refractivity contribution in [3.05, 3.63) is 40.3 Å². The van der Waals surface area contributed by atoms with Crippen molar-refractivity contribution in [3.63, 3.8) is 0 Å². The number of carbonyl (C=O) groups is 2. The number of carboxylic acids is 1. The SMILES string of the molecule is O=C(O)CCSC1NC(=O)c2sccc2-n2cccc21. The van der Waals surface area contributed by atoms with E-state index in [0.29, 0.717) is 10.6 Å². The van der Waals surface area contributed by atoms with Crippen molar-refractivity contribution in [2.45, 2.75) is 11.8 Å². The molecule has 104 valence electrons. The predicted octanol–water partition coefficient (Wildman–Crippen LogP) is 2.49. The maximum Gasteiger partial charge on any atom is 0.304 e. The lowest BCUT2D eigenvalue weighted by Gasteiger charge is -2.16. The summed E-state index contributed by atoms with van der Waals surface area (Å²) in [5.41, 5.74) is 1.85. The molecule has 0 saturated carbocycles. The van der Waals surface area contributed by atoms with Crippen LogP contribution >= 0.6 is 23.1 Å². The molecule has 3 rings (SSSR count). The Morgan fingerprint density at radius 2 is 2.35 bits per heavy atom. The molecule has 0 spiro atoms. The lowest BCUT2D eigenvalue weighted by Crippen LogP contribution is -2.25. The highest BCUT2D eigenvalue weighted by Gasteiger charge is 2.27. The maximum atomic E-state index is 12.2. The number of aromatic nitrogens is 1. The Balaban J connectivity index is 1.90. The Bertz CT molecular complexity index is 662. The summed E-state index contributed by atoms with van der Waals surface area (Å²) >= 11 is 2.84. The highest BCUT2D eigenvalue weighted by Crippen LogP contribution is 2.34. The Labute approximate surface area is 123 Å². The van der Waals surface area contributed by atoms with Crippen LogP contribution in [0.2, 0.25) is 0 Å². The first-order chi connectivity index (χ1) is 9.66. The van der Waals surface area contributed by atoms with Gasteiger partial charge in [-0.05, 0) is 23.6 Å². The first-order valence-electron chi connectivity index (χ1n) is 6.06. The summed E-state index contributed by atoms with van der Waals surface area (Å²) in [6, 6.07) is 5.80. The largest absolute Gasteiger partial charge is 0.481 e. The van der Waals surface area contributed by atoms with Crippen LogP contribution in [0.5, 0.6) is 0 Å². The molecule has 1 aliphatic rings. The molecule has 0 aromatic carbocycles. The van der Waals surface area contributed by atoms with Crippen LogP contribution in [0.15, 0.2) is 29.8 Å². The van der Waals surface area contributed by atoms with E-state index in [1.54, 1.807) is 0 Å². The third-order valence-corrected chi connectivity index (χ3v) is 5.06. The first kappa shape index (κ1) is 13.3. The molecule has 5 nitrogen and oxygen atoms in total. The zero-order chi connectivity index (χ0) is 14.1. The second-order valence-corrected chi connectivity index (χ2v) is 6.44. The number of fused-ring (bicyclic) bond motifs is 3. The maximum absolute atomic E-state index is 12.2. The fourth-order valence-corrected chi connectivity index (χ4v) is 4.01. The zero-order valence-electron chi connectivity index (χ0n) is 10.4. The van der Waals surface area contributed by atoms with Gasteiger partial charge in [-0.3, -0.25) is 9.59 Å². The lowest BCUT2D eigenvalue weighted by atomic mass is 10.4. The van der Waals surface area contributed by atoms with Gasteiger partial charge in [-0.2, -0.15) is 0 Å². The summed E-state index contributed by atoms with van der Waals surface area (Å²) in [4.78, 5) is 23.5. The molecule has 3 heterocycles. The Hall–Kier alpha value is -1.73. The van der Waals surface area contributed by atoms with E-state index >= 15 is 0 Å². The third-order valence-electron chi connectivity index (χ3n) is 3.02. The van der Waals surface area contributed by atoms with E-state index in [0.717, 1.165) is 11.4 Å². The van der Waals surface area contributed by atoms with Crippen LogP contribution in [0.25, 0.3) is 5.69 Å². The second-order valence-electron chi connectivity index (χ2n) is 4.31. The predicted molar refractivity (Wildman–Crippen MR) is 78.6 cm³/mol. The number of aliphatic carboxylic acids is 1. The molecular formula is C13H12N2O3S2. The molecule has 2 aromatic heterocycles. The van der Waals surface area contributed by atoms with E-state index in [2.05, 4.69) is 5.32 Å². The molecule has 1 amide bonds. The van der Waals surface area contributed by atoms with Crippen LogP contribution in [-0.2, 0) is 4.79 Å². The summed E-state index contributed by atoms with van der Waals surface area (Å²) in [5.74, 6) is -0.475. The fourth-order valence-electron chi connectivity index (χ4n) is 2.14.